The molecule has 0 bridgehead atoms. The minimum Gasteiger partial charge on any atom is -0.357 e. The van der Waals surface area contributed by atoms with Gasteiger partial charge in [-0.05, 0) is 39.3 Å². The molecule has 1 aromatic heterocycles. The fraction of sp³-hybridized carbons (Fsp3) is 0.412. The van der Waals surface area contributed by atoms with Crippen molar-refractivity contribution in [1.29, 1.82) is 0 Å². The number of nitrogens with zero attached hydrogens (tertiary/aromatic N) is 3. The minimum atomic E-state index is -0.0229. The fourth-order valence-electron chi connectivity index (χ4n) is 2.12. The summed E-state index contributed by atoms with van der Waals surface area (Å²) in [6.45, 7) is 9.89. The van der Waals surface area contributed by atoms with Crippen LogP contribution in [0.25, 0.3) is 5.69 Å². The Morgan fingerprint density at radius 3 is 2.68 bits per heavy atom. The summed E-state index contributed by atoms with van der Waals surface area (Å²) in [4.78, 5) is 8.82. The van der Waals surface area contributed by atoms with Gasteiger partial charge in [0, 0.05) is 24.5 Å². The molecule has 1 aromatic carbocycles. The zero-order chi connectivity index (χ0) is 16.0. The molecule has 0 unspecified atom stereocenters. The van der Waals surface area contributed by atoms with Crippen LogP contribution in [0.4, 0.5) is 0 Å². The molecule has 0 spiro atoms. The Hall–Kier alpha value is -2.30. The summed E-state index contributed by atoms with van der Waals surface area (Å²) in [6.07, 6.45) is 5.54. The van der Waals surface area contributed by atoms with Gasteiger partial charge >= 0.3 is 0 Å². The normalized spacial score (nSPS) is 12.3. The quantitative estimate of drug-likeness (QED) is 0.674. The van der Waals surface area contributed by atoms with Crippen molar-refractivity contribution in [2.24, 2.45) is 4.99 Å². The van der Waals surface area contributed by atoms with E-state index in [2.05, 4.69) is 55.4 Å². The van der Waals surface area contributed by atoms with Gasteiger partial charge in [0.1, 0.15) is 0 Å². The first-order valence-corrected chi connectivity index (χ1v) is 7.62. The maximum atomic E-state index is 4.70. The molecule has 118 valence electrons. The third-order valence-corrected chi connectivity index (χ3v) is 3.02. The SMILES string of the molecule is CCNC(=NCc1ccccc1-n1ccnc1)NC(C)(C)C. The van der Waals surface area contributed by atoms with E-state index in [9.17, 15) is 0 Å². The molecule has 0 aliphatic rings. The lowest BCUT2D eigenvalue weighted by molar-refractivity contribution is 0.501. The Morgan fingerprint density at radius 1 is 1.27 bits per heavy atom. The topological polar surface area (TPSA) is 54.2 Å². The molecule has 22 heavy (non-hydrogen) atoms. The van der Waals surface area contributed by atoms with Crippen molar-refractivity contribution in [3.8, 4) is 5.69 Å². The van der Waals surface area contributed by atoms with E-state index < -0.39 is 0 Å². The Kier molecular flexibility index (Phi) is 5.20. The lowest BCUT2D eigenvalue weighted by Crippen LogP contribution is -2.47. The van der Waals surface area contributed by atoms with Gasteiger partial charge in [0.25, 0.3) is 0 Å². The van der Waals surface area contributed by atoms with Gasteiger partial charge in [0.05, 0.1) is 18.6 Å². The molecule has 0 amide bonds. The summed E-state index contributed by atoms with van der Waals surface area (Å²) in [5.74, 6) is 0.829. The van der Waals surface area contributed by atoms with Gasteiger partial charge < -0.3 is 15.2 Å². The van der Waals surface area contributed by atoms with Crippen molar-refractivity contribution in [2.45, 2.75) is 39.8 Å². The highest BCUT2D eigenvalue weighted by Gasteiger charge is 2.12. The molecular weight excluding hydrogens is 274 g/mol. The van der Waals surface area contributed by atoms with Crippen LogP contribution in [0.2, 0.25) is 0 Å². The van der Waals surface area contributed by atoms with E-state index in [1.54, 1.807) is 12.5 Å². The fourth-order valence-corrected chi connectivity index (χ4v) is 2.12. The summed E-state index contributed by atoms with van der Waals surface area (Å²) < 4.78 is 2.01. The Bertz CT molecular complexity index is 608. The highest BCUT2D eigenvalue weighted by Crippen LogP contribution is 2.15. The molecule has 1 heterocycles. The first kappa shape index (κ1) is 16.1. The number of aliphatic imine (C=N–C) groups is 1. The minimum absolute atomic E-state index is 0.0229. The number of guanidine groups is 1. The van der Waals surface area contributed by atoms with Crippen LogP contribution in [0, 0.1) is 0 Å². The number of nitrogens with one attached hydrogen (secondary N) is 2. The number of benzene rings is 1. The summed E-state index contributed by atoms with van der Waals surface area (Å²) in [6, 6.07) is 8.24. The van der Waals surface area contributed by atoms with Crippen LogP contribution >= 0.6 is 0 Å². The summed E-state index contributed by atoms with van der Waals surface area (Å²) >= 11 is 0. The second-order valence-electron chi connectivity index (χ2n) is 6.17. The predicted octanol–water partition coefficient (Wildman–Crippen LogP) is 2.73. The molecule has 0 aliphatic heterocycles. The van der Waals surface area contributed by atoms with Gasteiger partial charge in [0.15, 0.2) is 5.96 Å². The van der Waals surface area contributed by atoms with E-state index in [1.165, 1.54) is 0 Å². The largest absolute Gasteiger partial charge is 0.357 e. The van der Waals surface area contributed by atoms with E-state index in [4.69, 9.17) is 4.99 Å². The second-order valence-corrected chi connectivity index (χ2v) is 6.17. The molecule has 2 N–H and O–H groups in total. The molecule has 0 fully saturated rings. The van der Waals surface area contributed by atoms with E-state index in [1.807, 2.05) is 22.9 Å². The van der Waals surface area contributed by atoms with Crippen LogP contribution in [0.3, 0.4) is 0 Å². The van der Waals surface area contributed by atoms with E-state index >= 15 is 0 Å². The summed E-state index contributed by atoms with van der Waals surface area (Å²) in [7, 11) is 0. The standard InChI is InChI=1S/C17H25N5/c1-5-19-16(21-17(2,3)4)20-12-14-8-6-7-9-15(14)22-11-10-18-13-22/h6-11,13H,5,12H2,1-4H3,(H2,19,20,21). The highest BCUT2D eigenvalue weighted by molar-refractivity contribution is 5.80. The van der Waals surface area contributed by atoms with Gasteiger partial charge in [-0.15, -0.1) is 0 Å². The van der Waals surface area contributed by atoms with Crippen molar-refractivity contribution in [2.75, 3.05) is 6.54 Å². The van der Waals surface area contributed by atoms with Crippen LogP contribution in [0.5, 0.6) is 0 Å². The third-order valence-electron chi connectivity index (χ3n) is 3.02. The summed E-state index contributed by atoms with van der Waals surface area (Å²) in [5, 5.41) is 6.68. The van der Waals surface area contributed by atoms with Crippen LogP contribution < -0.4 is 10.6 Å². The van der Waals surface area contributed by atoms with Crippen LogP contribution in [0.15, 0.2) is 48.0 Å². The van der Waals surface area contributed by atoms with Crippen molar-refractivity contribution in [3.63, 3.8) is 0 Å². The molecular formula is C17H25N5. The molecule has 2 aromatic rings. The van der Waals surface area contributed by atoms with Gasteiger partial charge in [-0.3, -0.25) is 0 Å². The first-order chi connectivity index (χ1) is 10.5. The van der Waals surface area contributed by atoms with Gasteiger partial charge in [0.2, 0.25) is 0 Å². The molecule has 0 aliphatic carbocycles. The zero-order valence-electron chi connectivity index (χ0n) is 13.8. The van der Waals surface area contributed by atoms with Gasteiger partial charge in [-0.25, -0.2) is 9.98 Å². The molecule has 2 rings (SSSR count). The Balaban J connectivity index is 2.20. The van der Waals surface area contributed by atoms with Crippen LogP contribution in [-0.2, 0) is 6.54 Å². The molecule has 0 atom stereocenters. The molecule has 0 saturated heterocycles. The first-order valence-electron chi connectivity index (χ1n) is 7.62. The molecule has 5 nitrogen and oxygen atoms in total. The predicted molar refractivity (Wildman–Crippen MR) is 91.3 cm³/mol. The second kappa shape index (κ2) is 7.11. The average molecular weight is 299 g/mol. The van der Waals surface area contributed by atoms with Crippen molar-refractivity contribution in [1.82, 2.24) is 20.2 Å². The number of rotatable bonds is 4. The smallest absolute Gasteiger partial charge is 0.191 e. The maximum Gasteiger partial charge on any atom is 0.191 e. The Morgan fingerprint density at radius 2 is 2.05 bits per heavy atom. The van der Waals surface area contributed by atoms with Crippen molar-refractivity contribution < 1.29 is 0 Å². The third kappa shape index (κ3) is 4.62. The monoisotopic (exact) mass is 299 g/mol. The van der Waals surface area contributed by atoms with E-state index in [-0.39, 0.29) is 5.54 Å². The summed E-state index contributed by atoms with van der Waals surface area (Å²) in [5.41, 5.74) is 2.24. The number of hydrogen-bond acceptors (Lipinski definition) is 2. The van der Waals surface area contributed by atoms with Gasteiger partial charge in [-0.2, -0.15) is 0 Å². The number of aromatic nitrogens is 2. The lowest BCUT2D eigenvalue weighted by atomic mass is 10.1. The number of imidazole rings is 1. The molecule has 0 radical (unpaired) electrons. The average Bonchev–Trinajstić information content (AvgIpc) is 2.98. The number of hydrogen-bond donors (Lipinski definition) is 2. The van der Waals surface area contributed by atoms with E-state index in [0.29, 0.717) is 6.54 Å². The van der Waals surface area contributed by atoms with Crippen molar-refractivity contribution >= 4 is 5.96 Å². The van der Waals surface area contributed by atoms with Crippen LogP contribution in [-0.4, -0.2) is 27.6 Å². The van der Waals surface area contributed by atoms with E-state index in [0.717, 1.165) is 23.8 Å². The molecule has 0 saturated carbocycles. The van der Waals surface area contributed by atoms with Gasteiger partial charge in [-0.1, -0.05) is 18.2 Å². The zero-order valence-corrected chi connectivity index (χ0v) is 13.8. The maximum absolute atomic E-state index is 4.70. The highest BCUT2D eigenvalue weighted by atomic mass is 15.2. The van der Waals surface area contributed by atoms with Crippen LogP contribution in [0.1, 0.15) is 33.3 Å². The Labute approximate surface area is 132 Å². The number of para-hydroxylation sites is 1. The lowest BCUT2D eigenvalue weighted by Gasteiger charge is -2.23. The molecule has 5 heteroatoms. The van der Waals surface area contributed by atoms with Crippen molar-refractivity contribution in [3.05, 3.63) is 48.5 Å².